The van der Waals surface area contributed by atoms with Crippen LogP contribution in [0.5, 0.6) is 0 Å². The van der Waals surface area contributed by atoms with Crippen molar-refractivity contribution in [3.63, 3.8) is 0 Å². The highest BCUT2D eigenvalue weighted by atomic mass is 15.1. The first-order valence-corrected chi connectivity index (χ1v) is 36.4. The third kappa shape index (κ3) is 20.5. The first kappa shape index (κ1) is 85.0. The number of nitrogens with zero attached hydrogens (tertiary/aromatic N) is 5. The summed E-state index contributed by atoms with van der Waals surface area (Å²) >= 11 is 0. The molecule has 0 atom stereocenters. The minimum atomic E-state index is 1.04. The summed E-state index contributed by atoms with van der Waals surface area (Å²) in [5.41, 5.74) is 23.9. The van der Waals surface area contributed by atoms with E-state index in [0.717, 1.165) is 6.42 Å². The quantitative estimate of drug-likeness (QED) is 0.124. The molecule has 0 N–H and O–H groups in total. The van der Waals surface area contributed by atoms with E-state index in [4.69, 9.17) is 0 Å². The molecule has 0 spiro atoms. The van der Waals surface area contributed by atoms with Gasteiger partial charge in [-0.15, -0.1) is 0 Å². The van der Waals surface area contributed by atoms with Crippen LogP contribution in [-0.2, 0) is 34.6 Å². The Balaban J connectivity index is 0.000000593. The normalized spacial score (nSPS) is 9.62. The van der Waals surface area contributed by atoms with Crippen molar-refractivity contribution in [2.75, 3.05) is 0 Å². The Morgan fingerprint density at radius 3 is 1.32 bits per heavy atom. The number of rotatable bonds is 3. The van der Waals surface area contributed by atoms with E-state index in [-0.39, 0.29) is 0 Å². The third-order valence-electron chi connectivity index (χ3n) is 15.4. The molecule has 5 heterocycles. The molecule has 8 aromatic carbocycles. The minimum absolute atomic E-state index is 1.04. The van der Waals surface area contributed by atoms with Crippen molar-refractivity contribution in [1.82, 2.24) is 4.40 Å². The molecule has 0 radical (unpaired) electrons. The average Bonchev–Trinajstić information content (AvgIpc) is 1.53. The highest BCUT2D eigenvalue weighted by Crippen LogP contribution is 2.42. The number of para-hydroxylation sites is 3. The lowest BCUT2D eigenvalue weighted by molar-refractivity contribution is -0.660. The summed E-state index contributed by atoms with van der Waals surface area (Å²) in [4.78, 5) is 0. The number of hydrogen-bond donors (Lipinski definition) is 0. The number of imidazole rings is 1. The summed E-state index contributed by atoms with van der Waals surface area (Å²) in [5.74, 6) is 0. The van der Waals surface area contributed by atoms with Gasteiger partial charge in [0.2, 0.25) is 17.1 Å². The van der Waals surface area contributed by atoms with Crippen LogP contribution in [0.2, 0.25) is 0 Å². The van der Waals surface area contributed by atoms with Gasteiger partial charge in [0.05, 0.1) is 23.4 Å². The topological polar surface area (TPSA) is 19.9 Å². The predicted molar refractivity (Wildman–Crippen MR) is 428 cm³/mol. The van der Waals surface area contributed by atoms with Crippen LogP contribution in [0.15, 0.2) is 237 Å². The number of hydrogen-bond acceptors (Lipinski definition) is 0. The fourth-order valence-electron chi connectivity index (χ4n) is 11.5. The van der Waals surface area contributed by atoms with Crippen LogP contribution in [0.4, 0.5) is 0 Å². The predicted octanol–water partition coefficient (Wildman–Crippen LogP) is 25.0. The largest absolute Gasteiger partial charge is 0.295 e. The van der Waals surface area contributed by atoms with Gasteiger partial charge in [-0.2, -0.15) is 4.40 Å². The molecule has 14 rings (SSSR count). The molecule has 5 aromatic heterocycles. The number of aryl methyl sites for hydroxylation is 8. The maximum Gasteiger partial charge on any atom is 0.295 e. The van der Waals surface area contributed by atoms with Gasteiger partial charge in [0.25, 0.3) is 5.65 Å². The van der Waals surface area contributed by atoms with Gasteiger partial charge in [-0.05, 0) is 133 Å². The molecular formula is C91H125N5+4. The van der Waals surface area contributed by atoms with Crippen LogP contribution in [0.1, 0.15) is 172 Å². The van der Waals surface area contributed by atoms with Crippen molar-refractivity contribution >= 4 is 49.1 Å². The Labute approximate surface area is 584 Å². The molecular weight excluding hydrogens is 1160 g/mol. The number of pyridine rings is 4. The van der Waals surface area contributed by atoms with E-state index in [1.54, 1.807) is 0 Å². The lowest BCUT2D eigenvalue weighted by Crippen LogP contribution is -2.30. The van der Waals surface area contributed by atoms with Gasteiger partial charge < -0.3 is 0 Å². The van der Waals surface area contributed by atoms with Crippen molar-refractivity contribution in [2.45, 2.75) is 173 Å². The van der Waals surface area contributed by atoms with Crippen LogP contribution in [0.3, 0.4) is 0 Å². The Hall–Kier alpha value is -9.06. The molecule has 96 heavy (non-hydrogen) atoms. The SMILES string of the molecule is CC.CC.CC.CC.CC.CC.CC.CC.CC.CC.Cc1ccc2c(c1-c1cccc[n+]1C)Cc1ccccc1-2.Cc1cccc2c3ccccc3n3c4ccccc4[n+](C)c3c12.Cc1ccccc1-c1c2ccccc2cc[n+]1C.Cc1ccccc1-c1cccc[n+]1C. The summed E-state index contributed by atoms with van der Waals surface area (Å²) in [7, 11) is 8.46. The molecule has 13 aromatic rings. The summed E-state index contributed by atoms with van der Waals surface area (Å²) < 4.78 is 11.3. The fourth-order valence-corrected chi connectivity index (χ4v) is 11.5. The molecule has 0 unspecified atom stereocenters. The first-order valence-electron chi connectivity index (χ1n) is 36.4. The van der Waals surface area contributed by atoms with E-state index in [2.05, 4.69) is 309 Å². The molecule has 0 aliphatic heterocycles. The molecule has 510 valence electrons. The van der Waals surface area contributed by atoms with Crippen molar-refractivity contribution in [3.8, 4) is 44.9 Å². The fraction of sp³-hybridized carbons (Fsp3) is 0.319. The summed E-state index contributed by atoms with van der Waals surface area (Å²) in [6, 6.07) is 77.6. The van der Waals surface area contributed by atoms with E-state index in [1.165, 1.54) is 127 Å². The van der Waals surface area contributed by atoms with Gasteiger partial charge in [0.15, 0.2) is 29.6 Å². The lowest BCUT2D eigenvalue weighted by Gasteiger charge is -2.10. The van der Waals surface area contributed by atoms with Crippen LogP contribution in [0.25, 0.3) is 94.0 Å². The standard InChI is InChI=1S/C21H17N2.C20H18N.C17H16N.C13H14N.10C2H6/c1-14-8-7-10-16-15-9-3-4-11-17(15)23-19-13-6-5-12-18(19)22(2)21(23)20(14)16;1-14-10-11-17-16-8-4-3-7-15(16)13-18(17)20(14)19-9-5-6-12-21(19)2;1-13-7-3-5-9-15(13)17-16-10-6-4-8-14(16)11-12-18(17)2;1-11-7-3-4-8-12(11)13-9-5-6-10-14(13)2;10*1-2/h3-13H,1-2H3;3-12H,13H2,1-2H3;3-12H,1-2H3;3-10H,1-2H3;10*1-2H3/q4*+1;;;;;;;;;;. The molecule has 1 aliphatic carbocycles. The van der Waals surface area contributed by atoms with Gasteiger partial charge in [-0.3, -0.25) is 0 Å². The zero-order valence-electron chi connectivity index (χ0n) is 65.0. The monoisotopic (exact) mass is 1290 g/mol. The van der Waals surface area contributed by atoms with Gasteiger partial charge in [0, 0.05) is 52.2 Å². The van der Waals surface area contributed by atoms with Gasteiger partial charge in [0.1, 0.15) is 26.7 Å². The van der Waals surface area contributed by atoms with Crippen LogP contribution >= 0.6 is 0 Å². The van der Waals surface area contributed by atoms with E-state index in [1.807, 2.05) is 145 Å². The molecule has 0 saturated carbocycles. The highest BCUT2D eigenvalue weighted by Gasteiger charge is 2.27. The van der Waals surface area contributed by atoms with E-state index < -0.39 is 0 Å². The Morgan fingerprint density at radius 2 is 0.750 bits per heavy atom. The summed E-state index contributed by atoms with van der Waals surface area (Å²) in [6.07, 6.45) is 7.36. The molecule has 0 saturated heterocycles. The first-order chi connectivity index (χ1) is 47.1. The van der Waals surface area contributed by atoms with E-state index in [0.29, 0.717) is 0 Å². The number of fused-ring (bicyclic) bond motifs is 12. The minimum Gasteiger partial charge on any atom is -0.225 e. The maximum absolute atomic E-state index is 2.40. The Bertz CT molecular complexity index is 4270. The summed E-state index contributed by atoms with van der Waals surface area (Å²) in [6.45, 7) is 48.7. The maximum atomic E-state index is 2.40. The van der Waals surface area contributed by atoms with Crippen molar-refractivity contribution < 1.29 is 18.3 Å². The van der Waals surface area contributed by atoms with E-state index >= 15 is 0 Å². The van der Waals surface area contributed by atoms with Crippen LogP contribution in [-0.4, -0.2) is 4.40 Å². The molecule has 1 aliphatic rings. The summed E-state index contributed by atoms with van der Waals surface area (Å²) in [5, 5.41) is 6.56. The van der Waals surface area contributed by atoms with Gasteiger partial charge in [-0.1, -0.05) is 278 Å². The smallest absolute Gasteiger partial charge is 0.225 e. The Kier molecular flexibility index (Phi) is 41.5. The third-order valence-corrected chi connectivity index (χ3v) is 15.4. The molecule has 0 fully saturated rings. The number of aromatic nitrogens is 5. The van der Waals surface area contributed by atoms with Crippen molar-refractivity contribution in [2.24, 2.45) is 28.2 Å². The zero-order chi connectivity index (χ0) is 72.5. The van der Waals surface area contributed by atoms with Crippen molar-refractivity contribution in [1.29, 1.82) is 0 Å². The van der Waals surface area contributed by atoms with Gasteiger partial charge in [-0.25, -0.2) is 18.3 Å². The average molecular weight is 1290 g/mol. The molecule has 5 nitrogen and oxygen atoms in total. The Morgan fingerprint density at radius 1 is 0.302 bits per heavy atom. The van der Waals surface area contributed by atoms with Gasteiger partial charge >= 0.3 is 0 Å². The number of benzene rings is 8. The second-order valence-corrected chi connectivity index (χ2v) is 20.2. The van der Waals surface area contributed by atoms with Crippen LogP contribution < -0.4 is 18.3 Å². The van der Waals surface area contributed by atoms with Crippen molar-refractivity contribution in [3.05, 3.63) is 270 Å². The molecule has 0 amide bonds. The van der Waals surface area contributed by atoms with Crippen LogP contribution in [0, 0.1) is 27.7 Å². The molecule has 5 heteroatoms. The lowest BCUT2D eigenvalue weighted by atomic mass is 9.94. The van der Waals surface area contributed by atoms with E-state index in [9.17, 15) is 0 Å². The molecule has 0 bridgehead atoms. The second-order valence-electron chi connectivity index (χ2n) is 20.2. The zero-order valence-corrected chi connectivity index (χ0v) is 65.0. The second kappa shape index (κ2) is 46.9. The highest BCUT2D eigenvalue weighted by molar-refractivity contribution is 6.13.